The molecule has 0 amide bonds. The molecule has 1 aromatic rings. The highest BCUT2D eigenvalue weighted by molar-refractivity contribution is 5.26. The zero-order chi connectivity index (χ0) is 13.4. The molecule has 3 heteroatoms. The molecular formula is C15H25NO2. The molecule has 0 heterocycles. The second-order valence-electron chi connectivity index (χ2n) is 4.30. The molecule has 1 atom stereocenters. The summed E-state index contributed by atoms with van der Waals surface area (Å²) in [5.41, 5.74) is 2.64. The molecule has 0 spiro atoms. The molecule has 18 heavy (non-hydrogen) atoms. The van der Waals surface area contributed by atoms with Gasteiger partial charge in [0.15, 0.2) is 6.29 Å². The molecular weight excluding hydrogens is 226 g/mol. The first kappa shape index (κ1) is 15.2. The van der Waals surface area contributed by atoms with Crippen LogP contribution >= 0.6 is 0 Å². The second-order valence-corrected chi connectivity index (χ2v) is 4.30. The van der Waals surface area contributed by atoms with Crippen LogP contribution in [0.25, 0.3) is 0 Å². The van der Waals surface area contributed by atoms with E-state index in [-0.39, 0.29) is 12.3 Å². The lowest BCUT2D eigenvalue weighted by Crippen LogP contribution is -2.43. The van der Waals surface area contributed by atoms with E-state index in [1.807, 2.05) is 20.9 Å². The summed E-state index contributed by atoms with van der Waals surface area (Å²) in [6.45, 7) is 7.45. The van der Waals surface area contributed by atoms with Crippen LogP contribution < -0.4 is 5.32 Å². The predicted octanol–water partition coefficient (Wildman–Crippen LogP) is 2.52. The Balaban J connectivity index is 2.73. The van der Waals surface area contributed by atoms with Gasteiger partial charge in [-0.2, -0.15) is 0 Å². The van der Waals surface area contributed by atoms with Crippen molar-refractivity contribution in [1.82, 2.24) is 5.32 Å². The summed E-state index contributed by atoms with van der Waals surface area (Å²) in [6.07, 6.45) is 0.720. The van der Waals surface area contributed by atoms with Crippen LogP contribution in [0.2, 0.25) is 0 Å². The van der Waals surface area contributed by atoms with Crippen molar-refractivity contribution in [1.29, 1.82) is 0 Å². The smallest absolute Gasteiger partial charge is 0.172 e. The molecule has 1 rings (SSSR count). The molecule has 0 aliphatic heterocycles. The number of aryl methyl sites for hydroxylation is 1. The van der Waals surface area contributed by atoms with Crippen LogP contribution in [0.1, 0.15) is 25.0 Å². The minimum atomic E-state index is -0.190. The van der Waals surface area contributed by atoms with E-state index in [0.717, 1.165) is 6.42 Å². The highest BCUT2D eigenvalue weighted by atomic mass is 16.7. The van der Waals surface area contributed by atoms with Gasteiger partial charge in [0.1, 0.15) is 0 Å². The maximum Gasteiger partial charge on any atom is 0.172 e. The lowest BCUT2D eigenvalue weighted by atomic mass is 10.0. The first-order chi connectivity index (χ1) is 8.72. The quantitative estimate of drug-likeness (QED) is 0.720. The summed E-state index contributed by atoms with van der Waals surface area (Å²) in [5.74, 6) is 0. The minimum absolute atomic E-state index is 0.172. The molecule has 1 aromatic carbocycles. The molecule has 102 valence electrons. The summed E-state index contributed by atoms with van der Waals surface area (Å²) < 4.78 is 11.3. The van der Waals surface area contributed by atoms with Crippen molar-refractivity contribution in [2.45, 2.75) is 39.5 Å². The third-order valence-corrected chi connectivity index (χ3v) is 3.06. The van der Waals surface area contributed by atoms with Gasteiger partial charge in [-0.1, -0.05) is 24.3 Å². The average Bonchev–Trinajstić information content (AvgIpc) is 2.38. The lowest BCUT2D eigenvalue weighted by molar-refractivity contribution is -0.152. The molecule has 1 unspecified atom stereocenters. The topological polar surface area (TPSA) is 30.5 Å². The second kappa shape index (κ2) is 8.25. The van der Waals surface area contributed by atoms with E-state index in [4.69, 9.17) is 9.47 Å². The van der Waals surface area contributed by atoms with Gasteiger partial charge in [-0.25, -0.2) is 0 Å². The average molecular weight is 251 g/mol. The molecule has 0 aliphatic rings. The van der Waals surface area contributed by atoms with Crippen molar-refractivity contribution in [3.8, 4) is 0 Å². The Bertz CT molecular complexity index is 335. The first-order valence-electron chi connectivity index (χ1n) is 6.67. The van der Waals surface area contributed by atoms with Gasteiger partial charge in [0, 0.05) is 13.2 Å². The van der Waals surface area contributed by atoms with Gasteiger partial charge < -0.3 is 14.8 Å². The molecule has 0 radical (unpaired) electrons. The van der Waals surface area contributed by atoms with E-state index in [2.05, 4.69) is 36.5 Å². The Morgan fingerprint density at radius 2 is 1.72 bits per heavy atom. The van der Waals surface area contributed by atoms with Gasteiger partial charge >= 0.3 is 0 Å². The Kier molecular flexibility index (Phi) is 6.94. The van der Waals surface area contributed by atoms with Crippen LogP contribution in [0.5, 0.6) is 0 Å². The first-order valence-corrected chi connectivity index (χ1v) is 6.67. The van der Waals surface area contributed by atoms with Gasteiger partial charge in [0.25, 0.3) is 0 Å². The SMILES string of the molecule is CCOC(OCC)C(Cc1ccccc1C)NC. The van der Waals surface area contributed by atoms with Crippen LogP contribution in [-0.2, 0) is 15.9 Å². The van der Waals surface area contributed by atoms with E-state index in [9.17, 15) is 0 Å². The van der Waals surface area contributed by atoms with Crippen molar-refractivity contribution in [2.24, 2.45) is 0 Å². The zero-order valence-electron chi connectivity index (χ0n) is 11.9. The molecule has 0 saturated carbocycles. The monoisotopic (exact) mass is 251 g/mol. The number of hydrogen-bond donors (Lipinski definition) is 1. The summed E-state index contributed by atoms with van der Waals surface area (Å²) in [4.78, 5) is 0. The van der Waals surface area contributed by atoms with Crippen LogP contribution in [0, 0.1) is 6.92 Å². The van der Waals surface area contributed by atoms with Gasteiger partial charge in [-0.15, -0.1) is 0 Å². The summed E-state index contributed by atoms with van der Waals surface area (Å²) in [7, 11) is 1.95. The molecule has 0 fully saturated rings. The van der Waals surface area contributed by atoms with Gasteiger partial charge in [-0.3, -0.25) is 0 Å². The van der Waals surface area contributed by atoms with Gasteiger partial charge in [0.2, 0.25) is 0 Å². The van der Waals surface area contributed by atoms with E-state index in [1.165, 1.54) is 11.1 Å². The summed E-state index contributed by atoms with van der Waals surface area (Å²) >= 11 is 0. The largest absolute Gasteiger partial charge is 0.351 e. The molecule has 0 aliphatic carbocycles. The summed E-state index contributed by atoms with van der Waals surface area (Å²) in [6, 6.07) is 8.61. The Labute approximate surface area is 110 Å². The normalized spacial score (nSPS) is 12.9. The number of hydrogen-bond acceptors (Lipinski definition) is 3. The van der Waals surface area contributed by atoms with Crippen molar-refractivity contribution in [3.63, 3.8) is 0 Å². The third kappa shape index (κ3) is 4.41. The number of ether oxygens (including phenoxy) is 2. The molecule has 1 N–H and O–H groups in total. The van der Waals surface area contributed by atoms with Crippen molar-refractivity contribution >= 4 is 0 Å². The van der Waals surface area contributed by atoms with E-state index in [1.54, 1.807) is 0 Å². The number of benzene rings is 1. The van der Waals surface area contributed by atoms with Crippen LogP contribution in [0.3, 0.4) is 0 Å². The fourth-order valence-electron chi connectivity index (χ4n) is 2.02. The molecule has 0 bridgehead atoms. The summed E-state index contributed by atoms with van der Waals surface area (Å²) in [5, 5.41) is 3.30. The Morgan fingerprint density at radius 3 is 2.22 bits per heavy atom. The highest BCUT2D eigenvalue weighted by Gasteiger charge is 2.21. The van der Waals surface area contributed by atoms with Crippen LogP contribution in [0.4, 0.5) is 0 Å². The molecule has 0 aromatic heterocycles. The predicted molar refractivity (Wildman–Crippen MR) is 74.8 cm³/mol. The Hall–Kier alpha value is -0.900. The van der Waals surface area contributed by atoms with E-state index >= 15 is 0 Å². The minimum Gasteiger partial charge on any atom is -0.351 e. The number of likely N-dealkylation sites (N-methyl/N-ethyl adjacent to an activating group) is 1. The third-order valence-electron chi connectivity index (χ3n) is 3.06. The van der Waals surface area contributed by atoms with Crippen molar-refractivity contribution < 1.29 is 9.47 Å². The van der Waals surface area contributed by atoms with Gasteiger partial charge in [0.05, 0.1) is 6.04 Å². The molecule has 0 saturated heterocycles. The Morgan fingerprint density at radius 1 is 1.11 bits per heavy atom. The zero-order valence-corrected chi connectivity index (χ0v) is 11.9. The maximum absolute atomic E-state index is 5.66. The van der Waals surface area contributed by atoms with Crippen molar-refractivity contribution in [3.05, 3.63) is 35.4 Å². The van der Waals surface area contributed by atoms with E-state index in [0.29, 0.717) is 13.2 Å². The fourth-order valence-corrected chi connectivity index (χ4v) is 2.02. The molecule has 3 nitrogen and oxygen atoms in total. The van der Waals surface area contributed by atoms with E-state index < -0.39 is 0 Å². The lowest BCUT2D eigenvalue weighted by Gasteiger charge is -2.27. The fraction of sp³-hybridized carbons (Fsp3) is 0.600. The van der Waals surface area contributed by atoms with Crippen LogP contribution in [-0.4, -0.2) is 32.6 Å². The van der Waals surface area contributed by atoms with Crippen LogP contribution in [0.15, 0.2) is 24.3 Å². The van der Waals surface area contributed by atoms with Crippen molar-refractivity contribution in [2.75, 3.05) is 20.3 Å². The highest BCUT2D eigenvalue weighted by Crippen LogP contribution is 2.13. The number of nitrogens with one attached hydrogen (secondary N) is 1. The van der Waals surface area contributed by atoms with Gasteiger partial charge in [-0.05, 0) is 45.4 Å². The maximum atomic E-state index is 5.66. The number of rotatable bonds is 8. The standard InChI is InChI=1S/C15H25NO2/c1-5-17-15(18-6-2)14(16-4)11-13-10-8-7-9-12(13)3/h7-10,14-16H,5-6,11H2,1-4H3.